The lowest BCUT2D eigenvalue weighted by atomic mass is 10.3. The maximum atomic E-state index is 13.2. The first-order valence-electron chi connectivity index (χ1n) is 3.97. The second-order valence-electron chi connectivity index (χ2n) is 2.71. The van der Waals surface area contributed by atoms with E-state index in [1.54, 1.807) is 0 Å². The number of nitrogens with zero attached hydrogens (tertiary/aromatic N) is 2. The maximum Gasteiger partial charge on any atom is 0.210 e. The van der Waals surface area contributed by atoms with Gasteiger partial charge in [-0.1, -0.05) is 11.3 Å². The molecule has 2 aromatic rings. The summed E-state index contributed by atoms with van der Waals surface area (Å²) in [7, 11) is 0. The highest BCUT2D eigenvalue weighted by Gasteiger charge is 2.14. The SMILES string of the molecule is Fc1ccc(Nc2nnc(Br)s2)c(F)c1F. The van der Waals surface area contributed by atoms with Crippen molar-refractivity contribution in [2.45, 2.75) is 0 Å². The molecule has 1 aromatic heterocycles. The molecule has 0 bridgehead atoms. The van der Waals surface area contributed by atoms with E-state index < -0.39 is 17.5 Å². The molecule has 84 valence electrons. The predicted molar refractivity (Wildman–Crippen MR) is 57.2 cm³/mol. The largest absolute Gasteiger partial charge is 0.328 e. The first-order valence-corrected chi connectivity index (χ1v) is 5.58. The van der Waals surface area contributed by atoms with Crippen LogP contribution in [0.3, 0.4) is 0 Å². The van der Waals surface area contributed by atoms with E-state index in [1.807, 2.05) is 0 Å². The van der Waals surface area contributed by atoms with Crippen LogP contribution in [0.4, 0.5) is 24.0 Å². The number of hydrogen-bond acceptors (Lipinski definition) is 4. The number of benzene rings is 1. The highest BCUT2D eigenvalue weighted by atomic mass is 79.9. The lowest BCUT2D eigenvalue weighted by Crippen LogP contribution is -1.98. The molecule has 0 aliphatic rings. The molecule has 3 nitrogen and oxygen atoms in total. The summed E-state index contributed by atoms with van der Waals surface area (Å²) in [5, 5.41) is 10.0. The summed E-state index contributed by atoms with van der Waals surface area (Å²) in [6.45, 7) is 0. The lowest BCUT2D eigenvalue weighted by molar-refractivity contribution is 0.449. The van der Waals surface area contributed by atoms with Crippen molar-refractivity contribution in [2.24, 2.45) is 0 Å². The smallest absolute Gasteiger partial charge is 0.210 e. The minimum absolute atomic E-state index is 0.192. The van der Waals surface area contributed by atoms with Gasteiger partial charge in [-0.15, -0.1) is 10.2 Å². The molecule has 1 N–H and O–H groups in total. The van der Waals surface area contributed by atoms with Gasteiger partial charge in [0.2, 0.25) is 5.13 Å². The van der Waals surface area contributed by atoms with Crippen LogP contribution >= 0.6 is 27.3 Å². The van der Waals surface area contributed by atoms with Crippen LogP contribution in [-0.4, -0.2) is 10.2 Å². The molecule has 2 rings (SSSR count). The molecule has 1 aromatic carbocycles. The van der Waals surface area contributed by atoms with Crippen LogP contribution in [0.1, 0.15) is 0 Å². The van der Waals surface area contributed by atoms with Crippen LogP contribution in [0.15, 0.2) is 16.0 Å². The van der Waals surface area contributed by atoms with Gasteiger partial charge in [0.25, 0.3) is 0 Å². The third-order valence-corrected chi connectivity index (χ3v) is 2.95. The molecule has 0 fully saturated rings. The molecule has 0 unspecified atom stereocenters. The molecular formula is C8H3BrF3N3S. The molecule has 1 heterocycles. The summed E-state index contributed by atoms with van der Waals surface area (Å²) in [5.41, 5.74) is -0.192. The van der Waals surface area contributed by atoms with Gasteiger partial charge >= 0.3 is 0 Å². The number of rotatable bonds is 2. The summed E-state index contributed by atoms with van der Waals surface area (Å²) in [5.74, 6) is -4.04. The van der Waals surface area contributed by atoms with Crippen LogP contribution in [0, 0.1) is 17.5 Å². The standard InChI is InChI=1S/C8H3BrF3N3S/c9-7-14-15-8(16-7)13-4-2-1-3(10)5(11)6(4)12/h1-2H,(H,13,15). The molecular weight excluding hydrogens is 307 g/mol. The Morgan fingerprint density at radius 2 is 1.88 bits per heavy atom. The van der Waals surface area contributed by atoms with Gasteiger partial charge in [-0.25, -0.2) is 13.2 Å². The molecule has 0 radical (unpaired) electrons. The van der Waals surface area contributed by atoms with E-state index in [0.717, 1.165) is 23.5 Å². The Hall–Kier alpha value is -1.15. The highest BCUT2D eigenvalue weighted by molar-refractivity contribution is 9.11. The minimum Gasteiger partial charge on any atom is -0.328 e. The average molecular weight is 310 g/mol. The van der Waals surface area contributed by atoms with Gasteiger partial charge in [-0.05, 0) is 28.1 Å². The Kier molecular flexibility index (Phi) is 3.10. The van der Waals surface area contributed by atoms with Gasteiger partial charge in [-0.2, -0.15) is 0 Å². The van der Waals surface area contributed by atoms with E-state index >= 15 is 0 Å². The third kappa shape index (κ3) is 2.17. The number of aromatic nitrogens is 2. The molecule has 0 amide bonds. The normalized spacial score (nSPS) is 10.5. The van der Waals surface area contributed by atoms with E-state index in [0.29, 0.717) is 3.92 Å². The molecule has 8 heteroatoms. The zero-order valence-electron chi connectivity index (χ0n) is 7.47. The topological polar surface area (TPSA) is 37.8 Å². The first-order chi connectivity index (χ1) is 7.58. The Labute approximate surface area is 100 Å². The fourth-order valence-corrected chi connectivity index (χ4v) is 2.02. The van der Waals surface area contributed by atoms with E-state index in [4.69, 9.17) is 0 Å². The second kappa shape index (κ2) is 4.38. The third-order valence-electron chi connectivity index (χ3n) is 1.68. The average Bonchev–Trinajstić information content (AvgIpc) is 2.65. The molecule has 16 heavy (non-hydrogen) atoms. The van der Waals surface area contributed by atoms with Crippen molar-refractivity contribution < 1.29 is 13.2 Å². The zero-order valence-corrected chi connectivity index (χ0v) is 9.87. The summed E-state index contributed by atoms with van der Waals surface area (Å²) < 4.78 is 39.2. The van der Waals surface area contributed by atoms with E-state index in [1.165, 1.54) is 0 Å². The fraction of sp³-hybridized carbons (Fsp3) is 0. The van der Waals surface area contributed by atoms with Crippen molar-refractivity contribution in [3.05, 3.63) is 33.5 Å². The summed E-state index contributed by atoms with van der Waals surface area (Å²) >= 11 is 4.17. The Balaban J connectivity index is 2.32. The fourth-order valence-electron chi connectivity index (χ4n) is 0.993. The first kappa shape index (κ1) is 11.3. The van der Waals surface area contributed by atoms with Crippen LogP contribution < -0.4 is 5.32 Å². The van der Waals surface area contributed by atoms with Gasteiger partial charge in [-0.3, -0.25) is 0 Å². The van der Waals surface area contributed by atoms with Crippen LogP contribution in [0.5, 0.6) is 0 Å². The Morgan fingerprint density at radius 3 is 2.50 bits per heavy atom. The van der Waals surface area contributed by atoms with Crippen LogP contribution in [0.25, 0.3) is 0 Å². The van der Waals surface area contributed by atoms with E-state index in [9.17, 15) is 13.2 Å². The number of anilines is 2. The monoisotopic (exact) mass is 309 g/mol. The van der Waals surface area contributed by atoms with Gasteiger partial charge < -0.3 is 5.32 Å². The van der Waals surface area contributed by atoms with Gasteiger partial charge in [0.15, 0.2) is 21.4 Å². The summed E-state index contributed by atoms with van der Waals surface area (Å²) in [6.07, 6.45) is 0. The Morgan fingerprint density at radius 1 is 1.12 bits per heavy atom. The molecule has 0 saturated heterocycles. The second-order valence-corrected chi connectivity index (χ2v) is 4.96. The van der Waals surface area contributed by atoms with Crippen molar-refractivity contribution in [1.82, 2.24) is 10.2 Å². The maximum absolute atomic E-state index is 13.2. The highest BCUT2D eigenvalue weighted by Crippen LogP contribution is 2.26. The molecule has 0 spiro atoms. The van der Waals surface area contributed by atoms with Gasteiger partial charge in [0.05, 0.1) is 5.69 Å². The zero-order chi connectivity index (χ0) is 11.7. The quantitative estimate of drug-likeness (QED) is 0.863. The molecule has 0 aliphatic heterocycles. The summed E-state index contributed by atoms with van der Waals surface area (Å²) in [4.78, 5) is 0. The van der Waals surface area contributed by atoms with E-state index in [-0.39, 0.29) is 10.8 Å². The van der Waals surface area contributed by atoms with Crippen molar-refractivity contribution in [1.29, 1.82) is 0 Å². The van der Waals surface area contributed by atoms with E-state index in [2.05, 4.69) is 31.4 Å². The van der Waals surface area contributed by atoms with Crippen LogP contribution in [-0.2, 0) is 0 Å². The van der Waals surface area contributed by atoms with Crippen molar-refractivity contribution in [3.8, 4) is 0 Å². The van der Waals surface area contributed by atoms with Gasteiger partial charge in [0, 0.05) is 0 Å². The predicted octanol–water partition coefficient (Wildman–Crippen LogP) is 3.46. The molecule has 0 aliphatic carbocycles. The van der Waals surface area contributed by atoms with Crippen molar-refractivity contribution in [2.75, 3.05) is 5.32 Å². The van der Waals surface area contributed by atoms with Gasteiger partial charge in [0.1, 0.15) is 0 Å². The number of nitrogens with one attached hydrogen (secondary N) is 1. The number of halogens is 4. The molecule has 0 saturated carbocycles. The summed E-state index contributed by atoms with van der Waals surface area (Å²) in [6, 6.07) is 1.92. The minimum atomic E-state index is -1.52. The van der Waals surface area contributed by atoms with Crippen molar-refractivity contribution in [3.63, 3.8) is 0 Å². The molecule has 0 atom stereocenters. The number of hydrogen-bond donors (Lipinski definition) is 1. The van der Waals surface area contributed by atoms with Crippen molar-refractivity contribution >= 4 is 38.1 Å². The Bertz CT molecular complexity index is 531. The van der Waals surface area contributed by atoms with Crippen LogP contribution in [0.2, 0.25) is 0 Å². The lowest BCUT2D eigenvalue weighted by Gasteiger charge is -2.04.